The fraction of sp³-hybridized carbons (Fsp3) is 0.333. The van der Waals surface area contributed by atoms with Crippen LogP contribution >= 0.6 is 27.3 Å². The van der Waals surface area contributed by atoms with Crippen LogP contribution in [0.1, 0.15) is 12.8 Å². The maximum absolute atomic E-state index is 12.7. The van der Waals surface area contributed by atoms with Crippen molar-refractivity contribution in [3.05, 3.63) is 40.4 Å². The zero-order chi connectivity index (χ0) is 17.2. The SMILES string of the molecule is O=C(Nc1ccncc1)[C@H]1CCCN(S(=O)(=O)c2ccc(Br)s2)C1. The molecule has 0 unspecified atom stereocenters. The molecule has 0 aromatic carbocycles. The Morgan fingerprint density at radius 1 is 1.29 bits per heavy atom. The van der Waals surface area contributed by atoms with E-state index in [1.54, 1.807) is 36.7 Å². The number of hydrogen-bond acceptors (Lipinski definition) is 5. The van der Waals surface area contributed by atoms with Gasteiger partial charge in [0, 0.05) is 31.2 Å². The highest BCUT2D eigenvalue weighted by Gasteiger charge is 2.34. The quantitative estimate of drug-likeness (QED) is 0.809. The summed E-state index contributed by atoms with van der Waals surface area (Å²) >= 11 is 4.47. The molecule has 0 radical (unpaired) electrons. The molecule has 1 atom stereocenters. The number of thiophene rings is 1. The van der Waals surface area contributed by atoms with Gasteiger partial charge in [0.05, 0.1) is 9.70 Å². The molecule has 0 bridgehead atoms. The standard InChI is InChI=1S/C15H16BrN3O3S2/c16-13-3-4-14(23-13)24(21,22)19-9-1-2-11(10-19)15(20)18-12-5-7-17-8-6-12/h3-8,11H,1-2,9-10H2,(H,17,18,20)/t11-/m0/s1. The van der Waals surface area contributed by atoms with Gasteiger partial charge in [0.1, 0.15) is 4.21 Å². The van der Waals surface area contributed by atoms with Crippen LogP contribution in [0.15, 0.2) is 44.7 Å². The van der Waals surface area contributed by atoms with Crippen LogP contribution in [0.25, 0.3) is 0 Å². The predicted molar refractivity (Wildman–Crippen MR) is 96.4 cm³/mol. The van der Waals surface area contributed by atoms with E-state index < -0.39 is 10.0 Å². The normalized spacial score (nSPS) is 19.1. The van der Waals surface area contributed by atoms with Gasteiger partial charge in [-0.25, -0.2) is 8.42 Å². The summed E-state index contributed by atoms with van der Waals surface area (Å²) in [6.45, 7) is 0.645. The van der Waals surface area contributed by atoms with Gasteiger partial charge in [0.2, 0.25) is 5.91 Å². The second-order valence-electron chi connectivity index (χ2n) is 5.49. The summed E-state index contributed by atoms with van der Waals surface area (Å²) in [6.07, 6.45) is 4.54. The summed E-state index contributed by atoms with van der Waals surface area (Å²) in [5.74, 6) is -0.515. The number of nitrogens with zero attached hydrogens (tertiary/aromatic N) is 2. The summed E-state index contributed by atoms with van der Waals surface area (Å²) < 4.78 is 27.9. The van der Waals surface area contributed by atoms with E-state index in [9.17, 15) is 13.2 Å². The Labute approximate surface area is 153 Å². The molecular weight excluding hydrogens is 414 g/mol. The molecule has 1 aliphatic heterocycles. The zero-order valence-corrected chi connectivity index (χ0v) is 15.9. The molecule has 3 heterocycles. The lowest BCUT2D eigenvalue weighted by atomic mass is 9.99. The third-order valence-corrected chi connectivity index (χ3v) is 7.80. The fourth-order valence-electron chi connectivity index (χ4n) is 2.62. The maximum Gasteiger partial charge on any atom is 0.252 e. The first-order chi connectivity index (χ1) is 11.5. The summed E-state index contributed by atoms with van der Waals surface area (Å²) in [4.78, 5) is 16.3. The van der Waals surface area contributed by atoms with E-state index in [4.69, 9.17) is 0 Å². The molecule has 1 N–H and O–H groups in total. The molecule has 6 nitrogen and oxygen atoms in total. The molecule has 1 aliphatic rings. The minimum Gasteiger partial charge on any atom is -0.326 e. The molecule has 0 spiro atoms. The van der Waals surface area contributed by atoms with E-state index in [0.29, 0.717) is 29.3 Å². The van der Waals surface area contributed by atoms with Gasteiger partial charge < -0.3 is 5.32 Å². The maximum atomic E-state index is 12.7. The lowest BCUT2D eigenvalue weighted by Crippen LogP contribution is -2.43. The first-order valence-electron chi connectivity index (χ1n) is 7.43. The van der Waals surface area contributed by atoms with Crippen molar-refractivity contribution in [2.24, 2.45) is 5.92 Å². The number of piperidine rings is 1. The van der Waals surface area contributed by atoms with E-state index in [1.807, 2.05) is 0 Å². The molecule has 3 rings (SSSR count). The fourth-order valence-corrected chi connectivity index (χ4v) is 6.31. The van der Waals surface area contributed by atoms with Crippen LogP contribution in [0.5, 0.6) is 0 Å². The lowest BCUT2D eigenvalue weighted by molar-refractivity contribution is -0.120. The summed E-state index contributed by atoms with van der Waals surface area (Å²) in [6, 6.07) is 6.72. The Hall–Kier alpha value is -1.29. The third-order valence-electron chi connectivity index (χ3n) is 3.85. The first-order valence-corrected chi connectivity index (χ1v) is 10.5. The average molecular weight is 430 g/mol. The Morgan fingerprint density at radius 3 is 2.71 bits per heavy atom. The molecule has 0 aliphatic carbocycles. The van der Waals surface area contributed by atoms with E-state index >= 15 is 0 Å². The highest BCUT2D eigenvalue weighted by Crippen LogP contribution is 2.31. The van der Waals surface area contributed by atoms with Crippen molar-refractivity contribution in [2.75, 3.05) is 18.4 Å². The number of carbonyl (C=O) groups excluding carboxylic acids is 1. The van der Waals surface area contributed by atoms with Crippen molar-refractivity contribution in [3.8, 4) is 0 Å². The number of rotatable bonds is 4. The number of amides is 1. The number of hydrogen-bond donors (Lipinski definition) is 1. The van der Waals surface area contributed by atoms with Crippen molar-refractivity contribution in [2.45, 2.75) is 17.1 Å². The van der Waals surface area contributed by atoms with E-state index in [2.05, 4.69) is 26.2 Å². The summed E-state index contributed by atoms with van der Waals surface area (Å²) in [7, 11) is -3.55. The molecule has 2 aromatic heterocycles. The van der Waals surface area contributed by atoms with Crippen molar-refractivity contribution < 1.29 is 13.2 Å². The molecule has 0 saturated carbocycles. The molecule has 1 saturated heterocycles. The van der Waals surface area contributed by atoms with Crippen LogP contribution in [0.2, 0.25) is 0 Å². The highest BCUT2D eigenvalue weighted by molar-refractivity contribution is 9.11. The Bertz CT molecular complexity index is 823. The Kier molecular flexibility index (Phi) is 5.33. The molecule has 1 fully saturated rings. The molecular formula is C15H16BrN3O3S2. The van der Waals surface area contributed by atoms with E-state index in [-0.39, 0.29) is 18.4 Å². The third kappa shape index (κ3) is 3.85. The van der Waals surface area contributed by atoms with Gasteiger partial charge in [-0.15, -0.1) is 11.3 Å². The monoisotopic (exact) mass is 429 g/mol. The summed E-state index contributed by atoms with van der Waals surface area (Å²) in [5.41, 5.74) is 0.664. The Morgan fingerprint density at radius 2 is 2.04 bits per heavy atom. The zero-order valence-electron chi connectivity index (χ0n) is 12.7. The van der Waals surface area contributed by atoms with Crippen LogP contribution in [0, 0.1) is 5.92 Å². The number of aromatic nitrogens is 1. The summed E-state index contributed by atoms with van der Waals surface area (Å²) in [5, 5.41) is 2.82. The Balaban J connectivity index is 1.71. The molecule has 9 heteroatoms. The van der Waals surface area contributed by atoms with E-state index in [1.165, 1.54) is 15.6 Å². The molecule has 24 heavy (non-hydrogen) atoms. The number of carbonyl (C=O) groups is 1. The minimum absolute atomic E-state index is 0.159. The molecule has 128 valence electrons. The topological polar surface area (TPSA) is 79.4 Å². The average Bonchev–Trinajstić information content (AvgIpc) is 3.03. The largest absolute Gasteiger partial charge is 0.326 e. The number of pyridine rings is 1. The van der Waals surface area contributed by atoms with E-state index in [0.717, 1.165) is 3.79 Å². The van der Waals surface area contributed by atoms with Crippen LogP contribution in [-0.4, -0.2) is 36.7 Å². The second-order valence-corrected chi connectivity index (χ2v) is 10.1. The highest BCUT2D eigenvalue weighted by atomic mass is 79.9. The van der Waals surface area contributed by atoms with Crippen molar-refractivity contribution in [1.29, 1.82) is 0 Å². The van der Waals surface area contributed by atoms with Gasteiger partial charge >= 0.3 is 0 Å². The molecule has 1 amide bonds. The van der Waals surface area contributed by atoms with Crippen LogP contribution in [0.3, 0.4) is 0 Å². The second kappa shape index (κ2) is 7.30. The van der Waals surface area contributed by atoms with Crippen LogP contribution in [-0.2, 0) is 14.8 Å². The van der Waals surface area contributed by atoms with Crippen LogP contribution in [0.4, 0.5) is 5.69 Å². The minimum atomic E-state index is -3.55. The predicted octanol–water partition coefficient (Wildman–Crippen LogP) is 2.95. The van der Waals surface area contributed by atoms with Gasteiger partial charge in [-0.3, -0.25) is 9.78 Å². The van der Waals surface area contributed by atoms with Crippen molar-refractivity contribution >= 4 is 48.9 Å². The first kappa shape index (κ1) is 17.5. The van der Waals surface area contributed by atoms with Gasteiger partial charge in [-0.2, -0.15) is 4.31 Å². The van der Waals surface area contributed by atoms with Gasteiger partial charge in [0.25, 0.3) is 10.0 Å². The number of nitrogens with one attached hydrogen (secondary N) is 1. The van der Waals surface area contributed by atoms with Gasteiger partial charge in [-0.05, 0) is 53.0 Å². The van der Waals surface area contributed by atoms with Crippen molar-refractivity contribution in [3.63, 3.8) is 0 Å². The van der Waals surface area contributed by atoms with Gasteiger partial charge in [0.15, 0.2) is 0 Å². The molecule has 2 aromatic rings. The lowest BCUT2D eigenvalue weighted by Gasteiger charge is -2.30. The number of halogens is 1. The van der Waals surface area contributed by atoms with Crippen molar-refractivity contribution in [1.82, 2.24) is 9.29 Å². The smallest absolute Gasteiger partial charge is 0.252 e. The van der Waals surface area contributed by atoms with Gasteiger partial charge in [-0.1, -0.05) is 0 Å². The number of anilines is 1. The van der Waals surface area contributed by atoms with Crippen LogP contribution < -0.4 is 5.32 Å². The number of sulfonamides is 1.